The van der Waals surface area contributed by atoms with Crippen molar-refractivity contribution in [1.82, 2.24) is 15.5 Å². The molecule has 2 heterocycles. The minimum Gasteiger partial charge on any atom is -0.463 e. The van der Waals surface area contributed by atoms with Crippen molar-refractivity contribution >= 4 is 17.6 Å². The predicted octanol–water partition coefficient (Wildman–Crippen LogP) is 0.253. The van der Waals surface area contributed by atoms with Gasteiger partial charge in [0.05, 0.1) is 25.5 Å². The average molecular weight is 382 g/mol. The lowest BCUT2D eigenvalue weighted by Crippen LogP contribution is -2.33. The number of ether oxygens (including phenoxy) is 3. The number of hydrogen-bond donors (Lipinski definition) is 2. The zero-order chi connectivity index (χ0) is 19.3. The van der Waals surface area contributed by atoms with Crippen LogP contribution in [-0.4, -0.2) is 74.0 Å². The number of aromatic amines is 1. The second kappa shape index (κ2) is 12.0. The van der Waals surface area contributed by atoms with Gasteiger partial charge in [0.2, 0.25) is 6.61 Å². The molecule has 0 radical (unpaired) electrons. The number of nitrogens with zero attached hydrogens (tertiary/aromatic N) is 2. The maximum absolute atomic E-state index is 12.3. The van der Waals surface area contributed by atoms with E-state index in [9.17, 15) is 9.59 Å². The van der Waals surface area contributed by atoms with Crippen LogP contribution >= 0.6 is 0 Å². The molecule has 10 heteroatoms. The molecule has 27 heavy (non-hydrogen) atoms. The minimum absolute atomic E-state index is 0.000760. The summed E-state index contributed by atoms with van der Waals surface area (Å²) >= 11 is 0. The third-order valence-electron chi connectivity index (χ3n) is 3.74. The molecule has 150 valence electrons. The first-order valence-corrected chi connectivity index (χ1v) is 8.99. The molecule has 1 aromatic heterocycles. The molecule has 1 aliphatic heterocycles. The third kappa shape index (κ3) is 7.75. The van der Waals surface area contributed by atoms with Gasteiger partial charge >= 0.3 is 5.97 Å². The van der Waals surface area contributed by atoms with Gasteiger partial charge in [0.1, 0.15) is 0 Å². The van der Waals surface area contributed by atoms with Crippen molar-refractivity contribution in [3.05, 3.63) is 18.0 Å². The number of rotatable bonds is 12. The summed E-state index contributed by atoms with van der Waals surface area (Å²) in [6.07, 6.45) is 3.19. The molecule has 0 aliphatic carbocycles. The van der Waals surface area contributed by atoms with Crippen LogP contribution in [-0.2, 0) is 28.6 Å². The van der Waals surface area contributed by atoms with E-state index >= 15 is 0 Å². The van der Waals surface area contributed by atoms with E-state index in [1.807, 2.05) is 0 Å². The number of aromatic nitrogens is 2. The minimum atomic E-state index is -0.560. The van der Waals surface area contributed by atoms with Gasteiger partial charge < -0.3 is 24.4 Å². The molecular formula is C17H26N4O6. The van der Waals surface area contributed by atoms with Gasteiger partial charge in [-0.1, -0.05) is 5.16 Å². The second-order valence-electron chi connectivity index (χ2n) is 5.90. The van der Waals surface area contributed by atoms with E-state index in [-0.39, 0.29) is 18.9 Å². The topological polar surface area (TPSA) is 124 Å². The van der Waals surface area contributed by atoms with Gasteiger partial charge in [0.25, 0.3) is 5.91 Å². The van der Waals surface area contributed by atoms with Gasteiger partial charge in [-0.05, 0) is 25.8 Å². The maximum atomic E-state index is 12.3. The van der Waals surface area contributed by atoms with Gasteiger partial charge in [-0.25, -0.2) is 4.79 Å². The van der Waals surface area contributed by atoms with Crippen molar-refractivity contribution in [2.24, 2.45) is 11.1 Å². The van der Waals surface area contributed by atoms with Crippen LogP contribution in [0.5, 0.6) is 0 Å². The highest BCUT2D eigenvalue weighted by molar-refractivity contribution is 6.44. The molecule has 1 unspecified atom stereocenters. The molecule has 1 amide bonds. The van der Waals surface area contributed by atoms with E-state index < -0.39 is 11.9 Å². The highest BCUT2D eigenvalue weighted by Crippen LogP contribution is 2.12. The van der Waals surface area contributed by atoms with E-state index in [1.54, 1.807) is 13.0 Å². The summed E-state index contributed by atoms with van der Waals surface area (Å²) < 4.78 is 15.6. The van der Waals surface area contributed by atoms with Gasteiger partial charge in [-0.15, -0.1) is 0 Å². The molecule has 1 fully saturated rings. The third-order valence-corrected chi connectivity index (χ3v) is 3.74. The van der Waals surface area contributed by atoms with Crippen molar-refractivity contribution in [3.8, 4) is 0 Å². The Kier molecular flexibility index (Phi) is 9.28. The lowest BCUT2D eigenvalue weighted by Gasteiger charge is -2.09. The molecule has 1 atom stereocenters. The molecule has 0 saturated carbocycles. The van der Waals surface area contributed by atoms with Crippen LogP contribution in [0.2, 0.25) is 0 Å². The fraction of sp³-hybridized carbons (Fsp3) is 0.647. The lowest BCUT2D eigenvalue weighted by atomic mass is 10.1. The van der Waals surface area contributed by atoms with E-state index in [0.29, 0.717) is 37.8 Å². The van der Waals surface area contributed by atoms with E-state index in [0.717, 1.165) is 19.6 Å². The van der Waals surface area contributed by atoms with E-state index in [4.69, 9.17) is 19.0 Å². The standard InChI is InChI=1S/C17H26N4O6/c1-2-26-15(22)12-27-21-16(14-4-7-19-20-14)17(23)18-6-3-8-24-10-13-5-9-25-11-13/h4,7,13H,2-3,5-6,8-12H2,1H3,(H,18,23)(H,19,20)/b21-16+. The zero-order valence-corrected chi connectivity index (χ0v) is 15.4. The summed E-state index contributed by atoms with van der Waals surface area (Å²) in [5.41, 5.74) is 0.384. The number of esters is 1. The largest absolute Gasteiger partial charge is 0.463 e. The number of carbonyl (C=O) groups excluding carboxylic acids is 2. The Morgan fingerprint density at radius 2 is 2.37 bits per heavy atom. The predicted molar refractivity (Wildman–Crippen MR) is 95.1 cm³/mol. The summed E-state index contributed by atoms with van der Waals surface area (Å²) in [4.78, 5) is 28.6. The highest BCUT2D eigenvalue weighted by Gasteiger charge is 2.17. The Morgan fingerprint density at radius 1 is 1.48 bits per heavy atom. The molecule has 0 bridgehead atoms. The van der Waals surface area contributed by atoms with E-state index in [2.05, 4.69) is 20.7 Å². The SMILES string of the molecule is CCOC(=O)CO/N=C(/C(=O)NCCCOCC1CCOC1)c1ccn[nH]1. The highest BCUT2D eigenvalue weighted by atomic mass is 16.7. The Morgan fingerprint density at radius 3 is 3.07 bits per heavy atom. The first kappa shape index (κ1) is 20.8. The number of hydrogen-bond acceptors (Lipinski definition) is 8. The summed E-state index contributed by atoms with van der Waals surface area (Å²) in [6.45, 7) is 4.77. The smallest absolute Gasteiger partial charge is 0.347 e. The molecule has 1 aliphatic rings. The van der Waals surface area contributed by atoms with Gasteiger partial charge in [0, 0.05) is 31.9 Å². The Hall–Kier alpha value is -2.46. The van der Waals surface area contributed by atoms with Gasteiger partial charge in [-0.2, -0.15) is 5.10 Å². The molecule has 2 N–H and O–H groups in total. The fourth-order valence-corrected chi connectivity index (χ4v) is 2.38. The second-order valence-corrected chi connectivity index (χ2v) is 5.90. The molecule has 0 aromatic carbocycles. The zero-order valence-electron chi connectivity index (χ0n) is 15.4. The first-order valence-electron chi connectivity index (χ1n) is 8.99. The Balaban J connectivity index is 1.72. The van der Waals surface area contributed by atoms with Crippen LogP contribution in [0.1, 0.15) is 25.5 Å². The average Bonchev–Trinajstić information content (AvgIpc) is 3.35. The number of oxime groups is 1. The molecule has 1 saturated heterocycles. The molecular weight excluding hydrogens is 356 g/mol. The van der Waals surface area contributed by atoms with Crippen LogP contribution in [0.25, 0.3) is 0 Å². The molecule has 2 rings (SSSR count). The summed E-state index contributed by atoms with van der Waals surface area (Å²) in [7, 11) is 0. The van der Waals surface area contributed by atoms with E-state index in [1.165, 1.54) is 6.20 Å². The first-order chi connectivity index (χ1) is 13.2. The Bertz CT molecular complexity index is 599. The summed E-state index contributed by atoms with van der Waals surface area (Å²) in [5.74, 6) is -0.530. The van der Waals surface area contributed by atoms with Crippen LogP contribution < -0.4 is 5.32 Å². The van der Waals surface area contributed by atoms with Gasteiger partial charge in [-0.3, -0.25) is 9.89 Å². The molecule has 1 aromatic rings. The van der Waals surface area contributed by atoms with Crippen LogP contribution in [0.4, 0.5) is 0 Å². The van der Waals surface area contributed by atoms with Crippen molar-refractivity contribution in [3.63, 3.8) is 0 Å². The summed E-state index contributed by atoms with van der Waals surface area (Å²) in [5, 5.41) is 12.9. The van der Waals surface area contributed by atoms with Crippen molar-refractivity contribution in [2.45, 2.75) is 19.8 Å². The number of H-pyrrole nitrogens is 1. The summed E-state index contributed by atoms with van der Waals surface area (Å²) in [6, 6.07) is 1.58. The quantitative estimate of drug-likeness (QED) is 0.230. The number of carbonyl (C=O) groups is 2. The normalized spacial score (nSPS) is 16.9. The molecule has 0 spiro atoms. The van der Waals surface area contributed by atoms with Crippen molar-refractivity contribution in [1.29, 1.82) is 0 Å². The van der Waals surface area contributed by atoms with Gasteiger partial charge in [0.15, 0.2) is 5.71 Å². The van der Waals surface area contributed by atoms with Crippen molar-refractivity contribution in [2.75, 3.05) is 46.2 Å². The maximum Gasteiger partial charge on any atom is 0.347 e. The monoisotopic (exact) mass is 382 g/mol. The number of amides is 1. The Labute approximate surface area is 157 Å². The van der Waals surface area contributed by atoms with Crippen LogP contribution in [0, 0.1) is 5.92 Å². The van der Waals surface area contributed by atoms with Crippen LogP contribution in [0.15, 0.2) is 17.4 Å². The fourth-order valence-electron chi connectivity index (χ4n) is 2.38. The lowest BCUT2D eigenvalue weighted by molar-refractivity contribution is -0.148. The van der Waals surface area contributed by atoms with Crippen LogP contribution in [0.3, 0.4) is 0 Å². The molecule has 10 nitrogen and oxygen atoms in total. The van der Waals surface area contributed by atoms with Crippen molar-refractivity contribution < 1.29 is 28.6 Å². The number of nitrogens with one attached hydrogen (secondary N) is 2.